The highest BCUT2D eigenvalue weighted by atomic mass is 16.5. The SMILES string of the molecule is CN=C(NCC(=O)Nc1ccccc1)NCc1ccc(C)cc1OC. The molecule has 0 aliphatic rings. The van der Waals surface area contributed by atoms with Gasteiger partial charge in [0.15, 0.2) is 5.96 Å². The average Bonchev–Trinajstić information content (AvgIpc) is 2.63. The van der Waals surface area contributed by atoms with E-state index in [1.165, 1.54) is 0 Å². The maximum atomic E-state index is 12.0. The number of benzene rings is 2. The summed E-state index contributed by atoms with van der Waals surface area (Å²) >= 11 is 0. The second kappa shape index (κ2) is 9.32. The van der Waals surface area contributed by atoms with Crippen molar-refractivity contribution in [3.63, 3.8) is 0 Å². The number of guanidine groups is 1. The van der Waals surface area contributed by atoms with Gasteiger partial charge in [0, 0.05) is 24.8 Å². The molecule has 0 fully saturated rings. The number of methoxy groups -OCH3 is 1. The zero-order valence-corrected chi connectivity index (χ0v) is 14.8. The van der Waals surface area contributed by atoms with Crippen LogP contribution in [0.1, 0.15) is 11.1 Å². The lowest BCUT2D eigenvalue weighted by Crippen LogP contribution is -2.41. The van der Waals surface area contributed by atoms with Crippen LogP contribution in [0.4, 0.5) is 5.69 Å². The van der Waals surface area contributed by atoms with Gasteiger partial charge in [-0.25, -0.2) is 0 Å². The number of aryl methyl sites for hydroxylation is 1. The van der Waals surface area contributed by atoms with E-state index in [0.717, 1.165) is 22.6 Å². The molecule has 3 N–H and O–H groups in total. The minimum absolute atomic E-state index is 0.125. The Bertz CT molecular complexity index is 729. The van der Waals surface area contributed by atoms with E-state index in [2.05, 4.69) is 20.9 Å². The molecule has 2 aromatic rings. The van der Waals surface area contributed by atoms with E-state index in [-0.39, 0.29) is 12.5 Å². The number of hydrogen-bond donors (Lipinski definition) is 3. The molecule has 0 atom stereocenters. The molecule has 0 radical (unpaired) electrons. The summed E-state index contributed by atoms with van der Waals surface area (Å²) in [6.07, 6.45) is 0. The second-order valence-corrected chi connectivity index (χ2v) is 5.51. The number of carbonyl (C=O) groups excluding carboxylic acids is 1. The van der Waals surface area contributed by atoms with Crippen molar-refractivity contribution in [1.82, 2.24) is 10.6 Å². The van der Waals surface area contributed by atoms with Crippen LogP contribution in [0.3, 0.4) is 0 Å². The number of para-hydroxylation sites is 1. The topological polar surface area (TPSA) is 74.8 Å². The van der Waals surface area contributed by atoms with Gasteiger partial charge in [0.1, 0.15) is 5.75 Å². The lowest BCUT2D eigenvalue weighted by Gasteiger charge is -2.14. The molecular weight excluding hydrogens is 316 g/mol. The summed E-state index contributed by atoms with van der Waals surface area (Å²) < 4.78 is 5.39. The van der Waals surface area contributed by atoms with Crippen LogP contribution in [0.15, 0.2) is 53.5 Å². The fourth-order valence-corrected chi connectivity index (χ4v) is 2.29. The molecule has 1 amide bonds. The number of rotatable bonds is 6. The number of carbonyl (C=O) groups is 1. The zero-order valence-electron chi connectivity index (χ0n) is 14.8. The summed E-state index contributed by atoms with van der Waals surface area (Å²) in [7, 11) is 3.32. The molecule has 6 nitrogen and oxygen atoms in total. The van der Waals surface area contributed by atoms with Gasteiger partial charge in [-0.1, -0.05) is 30.3 Å². The fourth-order valence-electron chi connectivity index (χ4n) is 2.29. The van der Waals surface area contributed by atoms with Crippen molar-refractivity contribution < 1.29 is 9.53 Å². The van der Waals surface area contributed by atoms with Crippen LogP contribution < -0.4 is 20.7 Å². The Hall–Kier alpha value is -3.02. The van der Waals surface area contributed by atoms with E-state index in [1.807, 2.05) is 55.5 Å². The van der Waals surface area contributed by atoms with Gasteiger partial charge < -0.3 is 20.7 Å². The molecule has 2 aromatic carbocycles. The molecule has 0 bridgehead atoms. The Morgan fingerprint density at radius 3 is 2.56 bits per heavy atom. The Morgan fingerprint density at radius 2 is 1.88 bits per heavy atom. The molecule has 0 aromatic heterocycles. The van der Waals surface area contributed by atoms with Gasteiger partial charge in [-0.2, -0.15) is 0 Å². The lowest BCUT2D eigenvalue weighted by atomic mass is 10.1. The van der Waals surface area contributed by atoms with Gasteiger partial charge in [0.2, 0.25) is 5.91 Å². The highest BCUT2D eigenvalue weighted by Gasteiger charge is 2.06. The van der Waals surface area contributed by atoms with Gasteiger partial charge in [-0.3, -0.25) is 9.79 Å². The fraction of sp³-hybridized carbons (Fsp3) is 0.263. The summed E-state index contributed by atoms with van der Waals surface area (Å²) in [6, 6.07) is 15.4. The van der Waals surface area contributed by atoms with Crippen molar-refractivity contribution in [2.24, 2.45) is 4.99 Å². The molecule has 25 heavy (non-hydrogen) atoms. The standard InChI is InChI=1S/C19H24N4O2/c1-14-9-10-15(17(11-14)25-3)12-21-19(20-2)22-13-18(24)23-16-7-5-4-6-8-16/h4-11H,12-13H2,1-3H3,(H,23,24)(H2,20,21,22). The van der Waals surface area contributed by atoms with Gasteiger partial charge in [-0.15, -0.1) is 0 Å². The molecule has 132 valence electrons. The minimum Gasteiger partial charge on any atom is -0.496 e. The van der Waals surface area contributed by atoms with Gasteiger partial charge in [0.25, 0.3) is 0 Å². The third kappa shape index (κ3) is 5.84. The predicted molar refractivity (Wildman–Crippen MR) is 101 cm³/mol. The number of amides is 1. The number of anilines is 1. The molecule has 6 heteroatoms. The Morgan fingerprint density at radius 1 is 1.12 bits per heavy atom. The summed E-state index contributed by atoms with van der Waals surface area (Å²) in [5.41, 5.74) is 2.92. The maximum absolute atomic E-state index is 12.0. The Labute approximate surface area is 148 Å². The molecule has 2 rings (SSSR count). The monoisotopic (exact) mass is 340 g/mol. The van der Waals surface area contributed by atoms with Crippen molar-refractivity contribution in [3.05, 3.63) is 59.7 Å². The Balaban J connectivity index is 1.84. The van der Waals surface area contributed by atoms with E-state index in [9.17, 15) is 4.79 Å². The van der Waals surface area contributed by atoms with Crippen LogP contribution in [-0.4, -0.2) is 32.6 Å². The van der Waals surface area contributed by atoms with Crippen LogP contribution in [0.25, 0.3) is 0 Å². The number of aliphatic imine (C=N–C) groups is 1. The first-order valence-electron chi connectivity index (χ1n) is 8.05. The number of hydrogen-bond acceptors (Lipinski definition) is 3. The Kier molecular flexibility index (Phi) is 6.83. The molecule has 0 aliphatic heterocycles. The van der Waals surface area contributed by atoms with E-state index >= 15 is 0 Å². The van der Waals surface area contributed by atoms with Crippen molar-refractivity contribution in [2.45, 2.75) is 13.5 Å². The van der Waals surface area contributed by atoms with E-state index in [4.69, 9.17) is 4.74 Å². The van der Waals surface area contributed by atoms with Crippen LogP contribution in [0.2, 0.25) is 0 Å². The minimum atomic E-state index is -0.137. The number of nitrogens with zero attached hydrogens (tertiary/aromatic N) is 1. The normalized spacial score (nSPS) is 10.9. The van der Waals surface area contributed by atoms with Crippen LogP contribution in [0.5, 0.6) is 5.75 Å². The van der Waals surface area contributed by atoms with Gasteiger partial charge in [-0.05, 0) is 30.7 Å². The molecular formula is C19H24N4O2. The molecule has 0 saturated carbocycles. The first kappa shape index (κ1) is 18.3. The predicted octanol–water partition coefficient (Wildman–Crippen LogP) is 2.31. The summed E-state index contributed by atoms with van der Waals surface area (Å²) in [6.45, 7) is 2.69. The van der Waals surface area contributed by atoms with Crippen LogP contribution in [-0.2, 0) is 11.3 Å². The smallest absolute Gasteiger partial charge is 0.243 e. The summed E-state index contributed by atoms with van der Waals surface area (Å²) in [5, 5.41) is 8.99. The average molecular weight is 340 g/mol. The highest BCUT2D eigenvalue weighted by Crippen LogP contribution is 2.19. The van der Waals surface area contributed by atoms with Gasteiger partial charge in [0.05, 0.1) is 13.7 Å². The van der Waals surface area contributed by atoms with E-state index < -0.39 is 0 Å². The number of ether oxygens (including phenoxy) is 1. The van der Waals surface area contributed by atoms with Crippen molar-refractivity contribution in [1.29, 1.82) is 0 Å². The first-order valence-corrected chi connectivity index (χ1v) is 8.05. The molecule has 0 spiro atoms. The molecule has 0 unspecified atom stereocenters. The van der Waals surface area contributed by atoms with Crippen LogP contribution >= 0.6 is 0 Å². The third-order valence-corrected chi connectivity index (χ3v) is 3.59. The maximum Gasteiger partial charge on any atom is 0.243 e. The van der Waals surface area contributed by atoms with Gasteiger partial charge >= 0.3 is 0 Å². The number of nitrogens with one attached hydrogen (secondary N) is 3. The molecule has 0 aliphatic carbocycles. The highest BCUT2D eigenvalue weighted by molar-refractivity contribution is 5.94. The van der Waals surface area contributed by atoms with Crippen molar-refractivity contribution >= 4 is 17.6 Å². The lowest BCUT2D eigenvalue weighted by molar-refractivity contribution is -0.115. The van der Waals surface area contributed by atoms with Crippen molar-refractivity contribution in [3.8, 4) is 5.75 Å². The second-order valence-electron chi connectivity index (χ2n) is 5.51. The summed E-state index contributed by atoms with van der Waals surface area (Å²) in [4.78, 5) is 16.1. The largest absolute Gasteiger partial charge is 0.496 e. The van der Waals surface area contributed by atoms with E-state index in [1.54, 1.807) is 14.2 Å². The molecule has 0 heterocycles. The van der Waals surface area contributed by atoms with Crippen LogP contribution in [0, 0.1) is 6.92 Å². The molecule has 0 saturated heterocycles. The first-order chi connectivity index (χ1) is 12.1. The zero-order chi connectivity index (χ0) is 18.1. The third-order valence-electron chi connectivity index (χ3n) is 3.59. The quantitative estimate of drug-likeness (QED) is 0.557. The summed E-state index contributed by atoms with van der Waals surface area (Å²) in [5.74, 6) is 1.23. The van der Waals surface area contributed by atoms with Crippen molar-refractivity contribution in [2.75, 3.05) is 26.0 Å². The van der Waals surface area contributed by atoms with E-state index in [0.29, 0.717) is 12.5 Å².